The Morgan fingerprint density at radius 3 is 1.42 bits per heavy atom. The third kappa shape index (κ3) is 4.26. The minimum atomic E-state index is 0.530. The van der Waals surface area contributed by atoms with E-state index in [4.69, 9.17) is 0 Å². The summed E-state index contributed by atoms with van der Waals surface area (Å²) in [7, 11) is 0. The van der Waals surface area contributed by atoms with E-state index in [9.17, 15) is 0 Å². The van der Waals surface area contributed by atoms with Crippen LogP contribution in [0.2, 0.25) is 0 Å². The zero-order chi connectivity index (χ0) is 22.0. The van der Waals surface area contributed by atoms with Crippen molar-refractivity contribution in [3.05, 3.63) is 108 Å². The van der Waals surface area contributed by atoms with Gasteiger partial charge in [0.05, 0.1) is 0 Å². The Bertz CT molecular complexity index is 1150. The van der Waals surface area contributed by atoms with Gasteiger partial charge in [0.2, 0.25) is 0 Å². The topological polar surface area (TPSA) is 24.1 Å². The molecule has 33 heavy (non-hydrogen) atoms. The minimum Gasteiger partial charge on any atom is -0.382 e. The molecule has 0 amide bonds. The van der Waals surface area contributed by atoms with E-state index in [0.717, 1.165) is 12.8 Å². The molecular weight excluding hydrogens is 400 g/mol. The Morgan fingerprint density at radius 2 is 0.970 bits per heavy atom. The first kappa shape index (κ1) is 20.1. The van der Waals surface area contributed by atoms with Crippen molar-refractivity contribution in [3.8, 4) is 22.3 Å². The van der Waals surface area contributed by atoms with E-state index in [1.807, 2.05) is 0 Å². The molecule has 0 bridgehead atoms. The second-order valence-electron chi connectivity index (χ2n) is 9.47. The fourth-order valence-electron chi connectivity index (χ4n) is 5.44. The summed E-state index contributed by atoms with van der Waals surface area (Å²) in [6.45, 7) is 0. The van der Waals surface area contributed by atoms with Gasteiger partial charge in [-0.05, 0) is 89.8 Å². The molecule has 0 radical (unpaired) electrons. The first-order chi connectivity index (χ1) is 16.3. The molecule has 2 aliphatic heterocycles. The number of nitrogens with one attached hydrogen (secondary N) is 2. The molecule has 164 valence electrons. The standard InChI is InChI=1S/C31H30N2/c1-3-7-22(8-4-1)24-13-17-30-26(19-24)11-15-28(32-30)21-29-16-12-27-20-25(14-18-31(27)33-29)23-9-5-2-6-10-23/h1-10,13-14,17-20,28-29,32-33H,11-12,15-16,21H2/t28-,29-/m1/s1. The summed E-state index contributed by atoms with van der Waals surface area (Å²) in [6, 6.07) is 36.2. The maximum absolute atomic E-state index is 3.84. The van der Waals surface area contributed by atoms with Crippen molar-refractivity contribution >= 4 is 11.4 Å². The summed E-state index contributed by atoms with van der Waals surface area (Å²) in [5.41, 5.74) is 10.7. The Balaban J connectivity index is 1.11. The predicted molar refractivity (Wildman–Crippen MR) is 140 cm³/mol. The zero-order valence-electron chi connectivity index (χ0n) is 18.9. The van der Waals surface area contributed by atoms with E-state index in [1.165, 1.54) is 64.0 Å². The molecule has 0 spiro atoms. The first-order valence-electron chi connectivity index (χ1n) is 12.2. The molecule has 2 heterocycles. The van der Waals surface area contributed by atoms with Crippen LogP contribution in [-0.4, -0.2) is 12.1 Å². The largest absolute Gasteiger partial charge is 0.382 e. The fourth-order valence-corrected chi connectivity index (χ4v) is 5.44. The van der Waals surface area contributed by atoms with E-state index in [1.54, 1.807) is 0 Å². The van der Waals surface area contributed by atoms with Gasteiger partial charge in [-0.15, -0.1) is 0 Å². The Hall–Kier alpha value is -3.52. The lowest BCUT2D eigenvalue weighted by atomic mass is 9.88. The summed E-state index contributed by atoms with van der Waals surface area (Å²) in [5.74, 6) is 0. The Morgan fingerprint density at radius 1 is 0.515 bits per heavy atom. The van der Waals surface area contributed by atoms with Crippen molar-refractivity contribution in [1.82, 2.24) is 0 Å². The number of hydrogen-bond donors (Lipinski definition) is 2. The molecule has 6 rings (SSSR count). The van der Waals surface area contributed by atoms with Crippen LogP contribution in [-0.2, 0) is 12.8 Å². The van der Waals surface area contributed by atoms with Gasteiger partial charge < -0.3 is 10.6 Å². The van der Waals surface area contributed by atoms with Crippen LogP contribution in [0.1, 0.15) is 30.4 Å². The molecule has 0 aromatic heterocycles. The highest BCUT2D eigenvalue weighted by Gasteiger charge is 2.24. The van der Waals surface area contributed by atoms with Gasteiger partial charge in [-0.1, -0.05) is 72.8 Å². The van der Waals surface area contributed by atoms with E-state index in [-0.39, 0.29) is 0 Å². The van der Waals surface area contributed by atoms with Crippen LogP contribution in [0.4, 0.5) is 11.4 Å². The number of fused-ring (bicyclic) bond motifs is 2. The Kier molecular flexibility index (Phi) is 5.35. The molecule has 0 aliphatic carbocycles. The third-order valence-electron chi connectivity index (χ3n) is 7.24. The van der Waals surface area contributed by atoms with E-state index in [0.29, 0.717) is 12.1 Å². The maximum Gasteiger partial charge on any atom is 0.0375 e. The number of rotatable bonds is 4. The summed E-state index contributed by atoms with van der Waals surface area (Å²) in [6.07, 6.45) is 5.86. The number of aryl methyl sites for hydroxylation is 2. The van der Waals surface area contributed by atoms with Crippen LogP contribution >= 0.6 is 0 Å². The van der Waals surface area contributed by atoms with E-state index in [2.05, 4.69) is 108 Å². The van der Waals surface area contributed by atoms with Crippen LogP contribution in [0.3, 0.4) is 0 Å². The third-order valence-corrected chi connectivity index (χ3v) is 7.24. The van der Waals surface area contributed by atoms with Crippen LogP contribution < -0.4 is 10.6 Å². The summed E-state index contributed by atoms with van der Waals surface area (Å²) in [4.78, 5) is 0. The summed E-state index contributed by atoms with van der Waals surface area (Å²) >= 11 is 0. The monoisotopic (exact) mass is 430 g/mol. The smallest absolute Gasteiger partial charge is 0.0375 e. The maximum atomic E-state index is 3.84. The van der Waals surface area contributed by atoms with Gasteiger partial charge in [0.25, 0.3) is 0 Å². The van der Waals surface area contributed by atoms with Crippen LogP contribution in [0.5, 0.6) is 0 Å². The van der Waals surface area contributed by atoms with Gasteiger partial charge in [-0.2, -0.15) is 0 Å². The van der Waals surface area contributed by atoms with Gasteiger partial charge >= 0.3 is 0 Å². The number of hydrogen-bond acceptors (Lipinski definition) is 2. The molecule has 0 fully saturated rings. The molecule has 2 nitrogen and oxygen atoms in total. The van der Waals surface area contributed by atoms with Crippen molar-refractivity contribution in [3.63, 3.8) is 0 Å². The van der Waals surface area contributed by atoms with Gasteiger partial charge in [0.1, 0.15) is 0 Å². The van der Waals surface area contributed by atoms with Crippen molar-refractivity contribution in [2.24, 2.45) is 0 Å². The molecule has 0 saturated heterocycles. The molecule has 4 aromatic carbocycles. The summed E-state index contributed by atoms with van der Waals surface area (Å²) in [5, 5.41) is 7.68. The fraction of sp³-hybridized carbons (Fsp3) is 0.226. The average Bonchev–Trinajstić information content (AvgIpc) is 2.89. The second kappa shape index (κ2) is 8.78. The van der Waals surface area contributed by atoms with Crippen LogP contribution in [0.25, 0.3) is 22.3 Å². The van der Waals surface area contributed by atoms with Crippen molar-refractivity contribution in [2.45, 2.75) is 44.2 Å². The molecule has 0 unspecified atom stereocenters. The average molecular weight is 431 g/mol. The predicted octanol–water partition coefficient (Wildman–Crippen LogP) is 7.56. The lowest BCUT2D eigenvalue weighted by molar-refractivity contribution is 0.502. The first-order valence-corrected chi connectivity index (χ1v) is 12.2. The van der Waals surface area contributed by atoms with E-state index < -0.39 is 0 Å². The van der Waals surface area contributed by atoms with Gasteiger partial charge in [0.15, 0.2) is 0 Å². The molecule has 0 saturated carbocycles. The quantitative estimate of drug-likeness (QED) is 0.349. The van der Waals surface area contributed by atoms with Gasteiger partial charge in [0, 0.05) is 23.5 Å². The van der Waals surface area contributed by atoms with Crippen molar-refractivity contribution in [1.29, 1.82) is 0 Å². The molecule has 2 atom stereocenters. The minimum absolute atomic E-state index is 0.530. The van der Waals surface area contributed by atoms with Crippen molar-refractivity contribution in [2.75, 3.05) is 10.6 Å². The highest BCUT2D eigenvalue weighted by atomic mass is 15.0. The lowest BCUT2D eigenvalue weighted by Gasteiger charge is -2.33. The molecule has 2 N–H and O–H groups in total. The summed E-state index contributed by atoms with van der Waals surface area (Å²) < 4.78 is 0. The number of benzene rings is 4. The van der Waals surface area contributed by atoms with E-state index >= 15 is 0 Å². The Labute approximate surface area is 196 Å². The lowest BCUT2D eigenvalue weighted by Crippen LogP contribution is -2.35. The number of anilines is 2. The zero-order valence-corrected chi connectivity index (χ0v) is 18.9. The molecule has 4 aromatic rings. The normalized spacial score (nSPS) is 19.0. The van der Waals surface area contributed by atoms with Crippen molar-refractivity contribution < 1.29 is 0 Å². The van der Waals surface area contributed by atoms with Crippen LogP contribution in [0, 0.1) is 0 Å². The van der Waals surface area contributed by atoms with Crippen LogP contribution in [0.15, 0.2) is 97.1 Å². The highest BCUT2D eigenvalue weighted by Crippen LogP contribution is 2.34. The highest BCUT2D eigenvalue weighted by molar-refractivity contribution is 5.70. The second-order valence-corrected chi connectivity index (χ2v) is 9.47. The molecular formula is C31H30N2. The molecule has 2 aliphatic rings. The van der Waals surface area contributed by atoms with Gasteiger partial charge in [-0.3, -0.25) is 0 Å². The molecule has 2 heteroatoms. The SMILES string of the molecule is c1ccc(-c2ccc3c(c2)CC[C@H](C[C@H]2CCc4cc(-c5ccccc5)ccc4N2)N3)cc1. The van der Waals surface area contributed by atoms with Gasteiger partial charge in [-0.25, -0.2) is 0 Å².